The molecule has 0 aliphatic rings. The molecule has 2 aromatic heterocycles. The van der Waals surface area contributed by atoms with Gasteiger partial charge in [0.05, 0.1) is 21.3 Å². The van der Waals surface area contributed by atoms with Gasteiger partial charge in [0.15, 0.2) is 0 Å². The normalized spacial score (nSPS) is 12.2. The third kappa shape index (κ3) is 4.30. The number of ketones is 1. The average molecular weight is 467 g/mol. The second-order valence-corrected chi connectivity index (χ2v) is 8.96. The highest BCUT2D eigenvalue weighted by Gasteiger charge is 2.28. The number of amides is 1. The third-order valence-corrected chi connectivity index (χ3v) is 6.58. The van der Waals surface area contributed by atoms with Gasteiger partial charge in [0, 0.05) is 17.7 Å². The lowest BCUT2D eigenvalue weighted by Gasteiger charge is -2.18. The van der Waals surface area contributed by atoms with Gasteiger partial charge in [-0.2, -0.15) is 0 Å². The van der Waals surface area contributed by atoms with E-state index in [1.807, 2.05) is 20.8 Å². The number of carbonyl (C=O) groups excluding carboxylic acids is 2. The minimum Gasteiger partial charge on any atom is -0.397 e. The summed E-state index contributed by atoms with van der Waals surface area (Å²) in [6, 6.07) is 6.47. The molecule has 0 spiro atoms. The largest absolute Gasteiger partial charge is 0.397 e. The Morgan fingerprint density at radius 3 is 2.47 bits per heavy atom. The van der Waals surface area contributed by atoms with E-state index in [2.05, 4.69) is 10.5 Å². The van der Waals surface area contributed by atoms with Crippen molar-refractivity contribution in [3.8, 4) is 11.3 Å². The van der Waals surface area contributed by atoms with Crippen molar-refractivity contribution in [3.63, 3.8) is 0 Å². The van der Waals surface area contributed by atoms with Gasteiger partial charge in [-0.05, 0) is 25.0 Å². The molecule has 1 aromatic carbocycles. The second kappa shape index (κ2) is 8.67. The number of anilines is 2. The van der Waals surface area contributed by atoms with Crippen LogP contribution in [0.3, 0.4) is 0 Å². The standard InChI is InChI=1S/C20H20Cl2N4O3S/c1-8(2)9(3)25-20-15(19(24)28)16(23)18(30-20)17(27)14-7-13(26-29-14)10-4-5-11(21)12(22)6-10/h4-9,25H,23H2,1-3H3,(H2,24,28). The fourth-order valence-corrected chi connectivity index (χ4v) is 4.08. The van der Waals surface area contributed by atoms with Crippen molar-refractivity contribution < 1.29 is 14.1 Å². The molecular weight excluding hydrogens is 447 g/mol. The van der Waals surface area contributed by atoms with E-state index in [1.54, 1.807) is 18.2 Å². The Hall–Kier alpha value is -2.55. The van der Waals surface area contributed by atoms with Gasteiger partial charge < -0.3 is 21.3 Å². The number of carbonyl (C=O) groups is 2. The minimum absolute atomic E-state index is 0.0171. The van der Waals surface area contributed by atoms with E-state index in [4.69, 9.17) is 39.2 Å². The quantitative estimate of drug-likeness (QED) is 0.417. The molecule has 7 nitrogen and oxygen atoms in total. The first kappa shape index (κ1) is 22.1. The van der Waals surface area contributed by atoms with Crippen LogP contribution < -0.4 is 16.8 Å². The average Bonchev–Trinajstić information content (AvgIpc) is 3.28. The molecule has 30 heavy (non-hydrogen) atoms. The monoisotopic (exact) mass is 466 g/mol. The molecule has 1 amide bonds. The summed E-state index contributed by atoms with van der Waals surface area (Å²) < 4.78 is 5.23. The lowest BCUT2D eigenvalue weighted by molar-refractivity contribution is 0.1000. The zero-order valence-electron chi connectivity index (χ0n) is 16.5. The van der Waals surface area contributed by atoms with Crippen molar-refractivity contribution in [1.29, 1.82) is 0 Å². The molecule has 3 rings (SSSR count). The number of aromatic nitrogens is 1. The molecule has 0 aliphatic heterocycles. The molecule has 0 fully saturated rings. The minimum atomic E-state index is -0.713. The maximum atomic E-state index is 13.0. The fourth-order valence-electron chi connectivity index (χ4n) is 2.62. The van der Waals surface area contributed by atoms with Crippen LogP contribution in [0.15, 0.2) is 28.8 Å². The van der Waals surface area contributed by atoms with Crippen LogP contribution in [0.2, 0.25) is 10.0 Å². The molecular formula is C20H20Cl2N4O3S. The van der Waals surface area contributed by atoms with Crippen molar-refractivity contribution in [3.05, 3.63) is 50.5 Å². The van der Waals surface area contributed by atoms with Crippen molar-refractivity contribution in [2.45, 2.75) is 26.8 Å². The van der Waals surface area contributed by atoms with E-state index in [9.17, 15) is 9.59 Å². The summed E-state index contributed by atoms with van der Waals surface area (Å²) in [4.78, 5) is 25.1. The zero-order chi connectivity index (χ0) is 22.2. The Morgan fingerprint density at radius 2 is 1.87 bits per heavy atom. The smallest absolute Gasteiger partial charge is 0.253 e. The number of halogens is 2. The lowest BCUT2D eigenvalue weighted by Crippen LogP contribution is -2.23. The second-order valence-electron chi connectivity index (χ2n) is 7.12. The van der Waals surface area contributed by atoms with Crippen molar-refractivity contribution in [2.24, 2.45) is 11.7 Å². The number of nitrogens with two attached hydrogens (primary N) is 2. The molecule has 158 valence electrons. The molecule has 2 heterocycles. The first-order valence-electron chi connectivity index (χ1n) is 9.05. The summed E-state index contributed by atoms with van der Waals surface area (Å²) in [6.07, 6.45) is 0. The van der Waals surface area contributed by atoms with Crippen molar-refractivity contribution in [1.82, 2.24) is 5.16 Å². The topological polar surface area (TPSA) is 124 Å². The van der Waals surface area contributed by atoms with Crippen LogP contribution >= 0.6 is 34.5 Å². The van der Waals surface area contributed by atoms with Gasteiger partial charge in [0.25, 0.3) is 5.91 Å². The first-order valence-corrected chi connectivity index (χ1v) is 10.6. The maximum Gasteiger partial charge on any atom is 0.253 e. The number of nitrogens with zero attached hydrogens (tertiary/aromatic N) is 1. The molecule has 0 bridgehead atoms. The SMILES string of the molecule is CC(C)C(C)Nc1sc(C(=O)c2cc(-c3ccc(Cl)c(Cl)c3)no2)c(N)c1C(N)=O. The Morgan fingerprint density at radius 1 is 1.17 bits per heavy atom. The molecule has 1 unspecified atom stereocenters. The Bertz CT molecular complexity index is 1120. The summed E-state index contributed by atoms with van der Waals surface area (Å²) in [6.45, 7) is 6.03. The molecule has 10 heteroatoms. The number of primary amides is 1. The summed E-state index contributed by atoms with van der Waals surface area (Å²) in [7, 11) is 0. The van der Waals surface area contributed by atoms with Gasteiger partial charge in [-0.25, -0.2) is 0 Å². The summed E-state index contributed by atoms with van der Waals surface area (Å²) in [5.74, 6) is -0.945. The molecule has 0 radical (unpaired) electrons. The number of hydrogen-bond acceptors (Lipinski definition) is 7. The highest BCUT2D eigenvalue weighted by Crippen LogP contribution is 2.38. The Balaban J connectivity index is 1.96. The number of nitrogen functional groups attached to an aromatic ring is 1. The van der Waals surface area contributed by atoms with Crippen LogP contribution in [-0.4, -0.2) is 22.9 Å². The molecule has 5 N–H and O–H groups in total. The van der Waals surface area contributed by atoms with E-state index in [1.165, 1.54) is 6.07 Å². The van der Waals surface area contributed by atoms with Gasteiger partial charge in [-0.1, -0.05) is 48.3 Å². The highest BCUT2D eigenvalue weighted by molar-refractivity contribution is 7.19. The first-order chi connectivity index (χ1) is 14.1. The Labute approximate surface area is 187 Å². The van der Waals surface area contributed by atoms with Crippen LogP contribution in [0, 0.1) is 5.92 Å². The number of thiophene rings is 1. The number of hydrogen-bond donors (Lipinski definition) is 3. The van der Waals surface area contributed by atoms with Crippen molar-refractivity contribution in [2.75, 3.05) is 11.1 Å². The van der Waals surface area contributed by atoms with Crippen LogP contribution in [-0.2, 0) is 0 Å². The van der Waals surface area contributed by atoms with Gasteiger partial charge in [0.2, 0.25) is 11.5 Å². The Kier molecular flexibility index (Phi) is 6.40. The van der Waals surface area contributed by atoms with Gasteiger partial charge >= 0.3 is 0 Å². The van der Waals surface area contributed by atoms with E-state index < -0.39 is 11.7 Å². The van der Waals surface area contributed by atoms with Crippen LogP contribution in [0.25, 0.3) is 11.3 Å². The lowest BCUT2D eigenvalue weighted by atomic mass is 10.1. The molecule has 0 aliphatic carbocycles. The summed E-state index contributed by atoms with van der Waals surface area (Å²) in [5, 5.41) is 8.35. The number of rotatable bonds is 7. The fraction of sp³-hybridized carbons (Fsp3) is 0.250. The summed E-state index contributed by atoms with van der Waals surface area (Å²) >= 11 is 13.0. The molecule has 0 saturated carbocycles. The molecule has 1 atom stereocenters. The number of nitrogens with one attached hydrogen (secondary N) is 1. The maximum absolute atomic E-state index is 13.0. The van der Waals surface area contributed by atoms with E-state index in [-0.39, 0.29) is 33.8 Å². The van der Waals surface area contributed by atoms with E-state index in [0.717, 1.165) is 11.3 Å². The molecule has 0 saturated heterocycles. The number of benzene rings is 1. The highest BCUT2D eigenvalue weighted by atomic mass is 35.5. The van der Waals surface area contributed by atoms with Crippen LogP contribution in [0.1, 0.15) is 46.6 Å². The van der Waals surface area contributed by atoms with Gasteiger partial charge in [-0.15, -0.1) is 11.3 Å². The van der Waals surface area contributed by atoms with E-state index >= 15 is 0 Å². The zero-order valence-corrected chi connectivity index (χ0v) is 18.8. The van der Waals surface area contributed by atoms with E-state index in [0.29, 0.717) is 26.3 Å². The third-order valence-electron chi connectivity index (χ3n) is 4.71. The van der Waals surface area contributed by atoms with Crippen molar-refractivity contribution >= 4 is 56.9 Å². The van der Waals surface area contributed by atoms with Crippen LogP contribution in [0.5, 0.6) is 0 Å². The molecule has 3 aromatic rings. The summed E-state index contributed by atoms with van der Waals surface area (Å²) in [5.41, 5.74) is 12.8. The van der Waals surface area contributed by atoms with Gasteiger partial charge in [0.1, 0.15) is 15.6 Å². The predicted octanol–water partition coefficient (Wildman–Crippen LogP) is 5.08. The van der Waals surface area contributed by atoms with Gasteiger partial charge in [-0.3, -0.25) is 9.59 Å². The van der Waals surface area contributed by atoms with Crippen LogP contribution in [0.4, 0.5) is 10.7 Å². The predicted molar refractivity (Wildman–Crippen MR) is 121 cm³/mol.